The number of carbonyl (C=O) groups is 2. The van der Waals surface area contributed by atoms with Crippen molar-refractivity contribution >= 4 is 29.3 Å². The zero-order valence-corrected chi connectivity index (χ0v) is 15.4. The van der Waals surface area contributed by atoms with Crippen LogP contribution in [0.1, 0.15) is 44.3 Å². The van der Waals surface area contributed by atoms with Gasteiger partial charge in [0.15, 0.2) is 5.16 Å². The van der Waals surface area contributed by atoms with Crippen molar-refractivity contribution in [2.75, 3.05) is 11.1 Å². The van der Waals surface area contributed by atoms with Crippen molar-refractivity contribution in [3.05, 3.63) is 30.1 Å². The number of nitrogens with zero attached hydrogens (tertiary/aromatic N) is 3. The summed E-state index contributed by atoms with van der Waals surface area (Å²) in [6.45, 7) is 1.49. The molecule has 0 aliphatic heterocycles. The summed E-state index contributed by atoms with van der Waals surface area (Å²) in [7, 11) is 0. The number of aromatic nitrogens is 3. The monoisotopic (exact) mass is 371 g/mol. The molecule has 0 unspecified atom stereocenters. The van der Waals surface area contributed by atoms with E-state index in [0.29, 0.717) is 22.9 Å². The second-order valence-electron chi connectivity index (χ2n) is 6.81. The molecule has 0 spiro atoms. The van der Waals surface area contributed by atoms with E-state index in [1.54, 1.807) is 0 Å². The Hall–Kier alpha value is -2.35. The van der Waals surface area contributed by atoms with Gasteiger partial charge in [0.25, 0.3) is 0 Å². The van der Waals surface area contributed by atoms with E-state index in [4.69, 9.17) is 0 Å². The molecule has 2 N–H and O–H groups in total. The minimum Gasteiger partial charge on any atom is -0.353 e. The van der Waals surface area contributed by atoms with Gasteiger partial charge >= 0.3 is 0 Å². The summed E-state index contributed by atoms with van der Waals surface area (Å²) in [5.41, 5.74) is 1.63. The van der Waals surface area contributed by atoms with Gasteiger partial charge < -0.3 is 10.6 Å². The number of benzene rings is 1. The fourth-order valence-corrected chi connectivity index (χ4v) is 3.55. The molecule has 0 radical (unpaired) electrons. The van der Waals surface area contributed by atoms with Gasteiger partial charge in [0, 0.05) is 24.6 Å². The van der Waals surface area contributed by atoms with E-state index >= 15 is 0 Å². The van der Waals surface area contributed by atoms with Gasteiger partial charge in [0.1, 0.15) is 5.82 Å². The Bertz CT molecular complexity index is 842. The van der Waals surface area contributed by atoms with E-state index in [9.17, 15) is 9.59 Å². The Labute approximate surface area is 155 Å². The van der Waals surface area contributed by atoms with Crippen molar-refractivity contribution in [3.8, 4) is 5.69 Å². The maximum absolute atomic E-state index is 12.0. The van der Waals surface area contributed by atoms with E-state index in [1.807, 2.05) is 28.8 Å². The van der Waals surface area contributed by atoms with E-state index in [2.05, 4.69) is 20.8 Å². The molecule has 26 heavy (non-hydrogen) atoms. The first-order valence-corrected chi connectivity index (χ1v) is 9.84. The van der Waals surface area contributed by atoms with Crippen LogP contribution in [0.4, 0.5) is 5.69 Å². The van der Waals surface area contributed by atoms with Crippen LogP contribution in [0.25, 0.3) is 5.69 Å². The van der Waals surface area contributed by atoms with Crippen LogP contribution in [-0.4, -0.2) is 38.4 Å². The Balaban J connectivity index is 1.58. The second-order valence-corrected chi connectivity index (χ2v) is 7.75. The molecule has 8 heteroatoms. The maximum atomic E-state index is 12.0. The standard InChI is InChI=1S/C18H21N5O2S/c1-11(24)19-14-3-2-4-15(9-14)23-17(12-5-6-12)21-22-18(23)26-10-16(25)20-13-7-8-13/h2-4,9,12-13H,5-8,10H2,1H3,(H,19,24)(H,20,25). The van der Waals surface area contributed by atoms with Crippen molar-refractivity contribution in [2.45, 2.75) is 49.7 Å². The number of hydrogen-bond acceptors (Lipinski definition) is 5. The molecule has 136 valence electrons. The van der Waals surface area contributed by atoms with Gasteiger partial charge in [-0.25, -0.2) is 0 Å². The molecule has 0 bridgehead atoms. The number of anilines is 1. The summed E-state index contributed by atoms with van der Waals surface area (Å²) in [6.07, 6.45) is 4.37. The third-order valence-electron chi connectivity index (χ3n) is 4.30. The van der Waals surface area contributed by atoms with E-state index in [-0.39, 0.29) is 11.8 Å². The third kappa shape index (κ3) is 4.07. The number of thioether (sulfide) groups is 1. The molecule has 2 aliphatic carbocycles. The molecule has 1 aromatic carbocycles. The summed E-state index contributed by atoms with van der Waals surface area (Å²) in [4.78, 5) is 23.3. The van der Waals surface area contributed by atoms with Gasteiger partial charge in [-0.15, -0.1) is 10.2 Å². The first kappa shape index (κ1) is 17.1. The number of amides is 2. The topological polar surface area (TPSA) is 88.9 Å². The van der Waals surface area contributed by atoms with E-state index in [0.717, 1.165) is 42.9 Å². The molecule has 2 aromatic rings. The number of carbonyl (C=O) groups excluding carboxylic acids is 2. The van der Waals surface area contributed by atoms with Crippen molar-refractivity contribution in [1.29, 1.82) is 0 Å². The Morgan fingerprint density at radius 1 is 1.23 bits per heavy atom. The molecule has 2 fully saturated rings. The van der Waals surface area contributed by atoms with Gasteiger partial charge in [-0.05, 0) is 43.9 Å². The lowest BCUT2D eigenvalue weighted by Gasteiger charge is -2.11. The Kier molecular flexibility index (Phi) is 4.67. The summed E-state index contributed by atoms with van der Waals surface area (Å²) < 4.78 is 2.01. The molecule has 2 saturated carbocycles. The fourth-order valence-electron chi connectivity index (χ4n) is 2.78. The molecule has 7 nitrogen and oxygen atoms in total. The predicted molar refractivity (Wildman–Crippen MR) is 99.5 cm³/mol. The lowest BCUT2D eigenvalue weighted by atomic mass is 10.2. The molecule has 0 atom stereocenters. The quantitative estimate of drug-likeness (QED) is 0.730. The first-order valence-electron chi connectivity index (χ1n) is 8.85. The smallest absolute Gasteiger partial charge is 0.230 e. The fraction of sp³-hybridized carbons (Fsp3) is 0.444. The predicted octanol–water partition coefficient (Wildman–Crippen LogP) is 2.47. The van der Waals surface area contributed by atoms with Crippen LogP contribution in [0.5, 0.6) is 0 Å². The number of rotatable bonds is 7. The number of nitrogens with one attached hydrogen (secondary N) is 2. The minimum absolute atomic E-state index is 0.0343. The molecular formula is C18H21N5O2S. The summed E-state index contributed by atoms with van der Waals surface area (Å²) >= 11 is 1.40. The van der Waals surface area contributed by atoms with Crippen molar-refractivity contribution in [1.82, 2.24) is 20.1 Å². The van der Waals surface area contributed by atoms with E-state index < -0.39 is 0 Å². The summed E-state index contributed by atoms with van der Waals surface area (Å²) in [5.74, 6) is 1.59. The van der Waals surface area contributed by atoms with Gasteiger partial charge in [-0.3, -0.25) is 14.2 Å². The van der Waals surface area contributed by atoms with E-state index in [1.165, 1.54) is 18.7 Å². The largest absolute Gasteiger partial charge is 0.353 e. The average Bonchev–Trinajstić information content (AvgIpc) is 3.53. The van der Waals surface area contributed by atoms with Crippen LogP contribution in [0.15, 0.2) is 29.4 Å². The molecule has 4 rings (SSSR count). The molecule has 1 heterocycles. The van der Waals surface area contributed by atoms with Crippen LogP contribution >= 0.6 is 11.8 Å². The van der Waals surface area contributed by atoms with Crippen LogP contribution in [-0.2, 0) is 9.59 Å². The highest BCUT2D eigenvalue weighted by Crippen LogP contribution is 2.41. The van der Waals surface area contributed by atoms with Crippen molar-refractivity contribution < 1.29 is 9.59 Å². The van der Waals surface area contributed by atoms with Crippen LogP contribution in [0.2, 0.25) is 0 Å². The summed E-state index contributed by atoms with van der Waals surface area (Å²) in [6, 6.07) is 7.98. The SMILES string of the molecule is CC(=O)Nc1cccc(-n2c(SCC(=O)NC3CC3)nnc2C2CC2)c1. The summed E-state index contributed by atoms with van der Waals surface area (Å²) in [5, 5.41) is 15.2. The normalized spacial score (nSPS) is 16.3. The molecule has 2 amide bonds. The van der Waals surface area contributed by atoms with Crippen molar-refractivity contribution in [3.63, 3.8) is 0 Å². The third-order valence-corrected chi connectivity index (χ3v) is 5.23. The van der Waals surface area contributed by atoms with Crippen LogP contribution in [0, 0.1) is 0 Å². The lowest BCUT2D eigenvalue weighted by molar-refractivity contribution is -0.118. The van der Waals surface area contributed by atoms with Gasteiger partial charge in [-0.1, -0.05) is 17.8 Å². The Morgan fingerprint density at radius 3 is 2.73 bits per heavy atom. The zero-order chi connectivity index (χ0) is 18.1. The van der Waals surface area contributed by atoms with Gasteiger partial charge in [0.05, 0.1) is 11.4 Å². The van der Waals surface area contributed by atoms with Crippen LogP contribution in [0.3, 0.4) is 0 Å². The van der Waals surface area contributed by atoms with Gasteiger partial charge in [-0.2, -0.15) is 0 Å². The highest BCUT2D eigenvalue weighted by Gasteiger charge is 2.31. The molecule has 2 aliphatic rings. The average molecular weight is 371 g/mol. The van der Waals surface area contributed by atoms with Gasteiger partial charge in [0.2, 0.25) is 11.8 Å². The Morgan fingerprint density at radius 2 is 2.04 bits per heavy atom. The highest BCUT2D eigenvalue weighted by atomic mass is 32.2. The number of hydrogen-bond donors (Lipinski definition) is 2. The zero-order valence-electron chi connectivity index (χ0n) is 14.6. The van der Waals surface area contributed by atoms with Crippen LogP contribution < -0.4 is 10.6 Å². The molecular weight excluding hydrogens is 350 g/mol. The maximum Gasteiger partial charge on any atom is 0.230 e. The molecule has 0 saturated heterocycles. The lowest BCUT2D eigenvalue weighted by Crippen LogP contribution is -2.27. The molecule has 1 aromatic heterocycles. The highest BCUT2D eigenvalue weighted by molar-refractivity contribution is 7.99. The second kappa shape index (κ2) is 7.11. The minimum atomic E-state index is -0.111. The first-order chi connectivity index (χ1) is 12.6. The van der Waals surface area contributed by atoms with Crippen molar-refractivity contribution in [2.24, 2.45) is 0 Å².